The van der Waals surface area contributed by atoms with E-state index >= 15 is 0 Å². The Morgan fingerprint density at radius 1 is 1.33 bits per heavy atom. The van der Waals surface area contributed by atoms with Gasteiger partial charge < -0.3 is 10.2 Å². The Morgan fingerprint density at radius 2 is 2.00 bits per heavy atom. The molecule has 0 aliphatic heterocycles. The van der Waals surface area contributed by atoms with E-state index in [0.717, 1.165) is 32.1 Å². The second kappa shape index (κ2) is 4.84. The van der Waals surface area contributed by atoms with Gasteiger partial charge in [0.2, 0.25) is 0 Å². The predicted octanol–water partition coefficient (Wildman–Crippen LogP) is 2.92. The summed E-state index contributed by atoms with van der Waals surface area (Å²) in [6.07, 6.45) is 4.92. The van der Waals surface area contributed by atoms with Crippen LogP contribution in [0.4, 0.5) is 0 Å². The number of aliphatic carboxylic acids is 1. The highest BCUT2D eigenvalue weighted by molar-refractivity contribution is 5.69. The lowest BCUT2D eigenvalue weighted by atomic mass is 9.70. The van der Waals surface area contributed by atoms with Gasteiger partial charge in [0.1, 0.15) is 0 Å². The SMILES string of the molecule is C[C@H]1CC[C@@H]2[C@H]1[C@@H]([C@@H](C)C(=O)O)CCC[C@@]2(C)O. The molecule has 0 saturated heterocycles. The molecule has 0 spiro atoms. The van der Waals surface area contributed by atoms with Gasteiger partial charge in [-0.2, -0.15) is 0 Å². The zero-order valence-electron chi connectivity index (χ0n) is 11.7. The van der Waals surface area contributed by atoms with Crippen molar-refractivity contribution in [1.82, 2.24) is 0 Å². The van der Waals surface area contributed by atoms with Crippen LogP contribution in [0.3, 0.4) is 0 Å². The van der Waals surface area contributed by atoms with Crippen LogP contribution in [0.2, 0.25) is 0 Å². The molecule has 0 aromatic heterocycles. The van der Waals surface area contributed by atoms with Crippen LogP contribution in [-0.4, -0.2) is 21.8 Å². The van der Waals surface area contributed by atoms with E-state index < -0.39 is 11.6 Å². The maximum atomic E-state index is 11.3. The molecule has 18 heavy (non-hydrogen) atoms. The number of carboxylic acids is 1. The molecular weight excluding hydrogens is 228 g/mol. The minimum Gasteiger partial charge on any atom is -0.481 e. The fraction of sp³-hybridized carbons (Fsp3) is 0.933. The van der Waals surface area contributed by atoms with Crippen LogP contribution >= 0.6 is 0 Å². The van der Waals surface area contributed by atoms with Gasteiger partial charge in [0, 0.05) is 0 Å². The number of hydrogen-bond acceptors (Lipinski definition) is 2. The highest BCUT2D eigenvalue weighted by Crippen LogP contribution is 2.52. The molecule has 0 aromatic rings. The van der Waals surface area contributed by atoms with E-state index in [1.807, 2.05) is 13.8 Å². The lowest BCUT2D eigenvalue weighted by Crippen LogP contribution is -2.40. The number of aliphatic hydroxyl groups is 1. The minimum absolute atomic E-state index is 0.235. The first-order chi connectivity index (χ1) is 8.34. The molecule has 2 N–H and O–H groups in total. The number of carboxylic acid groups (broad SMARTS) is 1. The molecule has 3 nitrogen and oxygen atoms in total. The van der Waals surface area contributed by atoms with Crippen molar-refractivity contribution in [1.29, 1.82) is 0 Å². The molecule has 2 aliphatic rings. The Kier molecular flexibility index (Phi) is 3.72. The summed E-state index contributed by atoms with van der Waals surface area (Å²) in [4.78, 5) is 11.3. The molecule has 2 aliphatic carbocycles. The largest absolute Gasteiger partial charge is 0.481 e. The zero-order chi connectivity index (χ0) is 13.5. The molecule has 3 heteroatoms. The third kappa shape index (κ3) is 2.29. The van der Waals surface area contributed by atoms with Gasteiger partial charge in [0.15, 0.2) is 0 Å². The van der Waals surface area contributed by atoms with E-state index in [4.69, 9.17) is 0 Å². The van der Waals surface area contributed by atoms with Gasteiger partial charge in [0.25, 0.3) is 0 Å². The van der Waals surface area contributed by atoms with Gasteiger partial charge in [-0.25, -0.2) is 0 Å². The first-order valence-corrected chi connectivity index (χ1v) is 7.30. The molecule has 2 rings (SSSR count). The van der Waals surface area contributed by atoms with E-state index in [0.29, 0.717) is 17.8 Å². The van der Waals surface area contributed by atoms with Crippen molar-refractivity contribution in [3.8, 4) is 0 Å². The number of carbonyl (C=O) groups is 1. The maximum Gasteiger partial charge on any atom is 0.306 e. The van der Waals surface area contributed by atoms with E-state index in [2.05, 4.69) is 6.92 Å². The summed E-state index contributed by atoms with van der Waals surface area (Å²) >= 11 is 0. The fourth-order valence-corrected chi connectivity index (χ4v) is 4.51. The van der Waals surface area contributed by atoms with E-state index in [1.165, 1.54) is 0 Å². The van der Waals surface area contributed by atoms with Crippen LogP contribution < -0.4 is 0 Å². The van der Waals surface area contributed by atoms with Crippen molar-refractivity contribution < 1.29 is 15.0 Å². The van der Waals surface area contributed by atoms with Crippen LogP contribution in [0.25, 0.3) is 0 Å². The lowest BCUT2D eigenvalue weighted by molar-refractivity contribution is -0.144. The fourth-order valence-electron chi connectivity index (χ4n) is 4.51. The average Bonchev–Trinajstić information content (AvgIpc) is 2.60. The van der Waals surface area contributed by atoms with Crippen LogP contribution in [-0.2, 0) is 4.79 Å². The molecule has 0 heterocycles. The average molecular weight is 254 g/mol. The molecule has 0 bridgehead atoms. The molecule has 2 fully saturated rings. The van der Waals surface area contributed by atoms with Gasteiger partial charge in [0.05, 0.1) is 11.5 Å². The third-order valence-corrected chi connectivity index (χ3v) is 5.60. The summed E-state index contributed by atoms with van der Waals surface area (Å²) in [5.74, 6) is 0.493. The van der Waals surface area contributed by atoms with Crippen molar-refractivity contribution in [2.24, 2.45) is 29.6 Å². The molecule has 104 valence electrons. The summed E-state index contributed by atoms with van der Waals surface area (Å²) in [5, 5.41) is 19.9. The highest BCUT2D eigenvalue weighted by Gasteiger charge is 2.50. The van der Waals surface area contributed by atoms with Crippen molar-refractivity contribution >= 4 is 5.97 Å². The van der Waals surface area contributed by atoms with Crippen molar-refractivity contribution in [3.63, 3.8) is 0 Å². The summed E-state index contributed by atoms with van der Waals surface area (Å²) in [7, 11) is 0. The maximum absolute atomic E-state index is 11.3. The van der Waals surface area contributed by atoms with Crippen molar-refractivity contribution in [3.05, 3.63) is 0 Å². The molecule has 6 atom stereocenters. The Hall–Kier alpha value is -0.570. The van der Waals surface area contributed by atoms with Crippen LogP contribution in [0.15, 0.2) is 0 Å². The van der Waals surface area contributed by atoms with Gasteiger partial charge in [-0.05, 0) is 49.9 Å². The number of hydrogen-bond donors (Lipinski definition) is 2. The second-order valence-corrected chi connectivity index (χ2v) is 6.78. The molecule has 0 unspecified atom stereocenters. The Balaban J connectivity index is 2.28. The van der Waals surface area contributed by atoms with Crippen LogP contribution in [0.5, 0.6) is 0 Å². The lowest BCUT2D eigenvalue weighted by Gasteiger charge is -2.37. The molecule has 0 radical (unpaired) electrons. The quantitative estimate of drug-likeness (QED) is 0.796. The standard InChI is InChI=1S/C15H26O3/c1-9-6-7-12-13(9)11(10(2)14(16)17)5-4-8-15(12,3)18/h9-13,18H,4-8H2,1-3H3,(H,16,17)/t9-,10+,11+,12+,13+,15+/m0/s1. The van der Waals surface area contributed by atoms with Crippen molar-refractivity contribution in [2.75, 3.05) is 0 Å². The van der Waals surface area contributed by atoms with Gasteiger partial charge >= 0.3 is 5.97 Å². The highest BCUT2D eigenvalue weighted by atomic mass is 16.4. The zero-order valence-corrected chi connectivity index (χ0v) is 11.7. The summed E-state index contributed by atoms with van der Waals surface area (Å²) in [6.45, 7) is 6.03. The summed E-state index contributed by atoms with van der Waals surface area (Å²) in [6, 6.07) is 0. The third-order valence-electron chi connectivity index (χ3n) is 5.60. The normalized spacial score (nSPS) is 46.2. The molecular formula is C15H26O3. The molecule has 0 amide bonds. The van der Waals surface area contributed by atoms with Crippen LogP contribution in [0, 0.1) is 29.6 Å². The smallest absolute Gasteiger partial charge is 0.306 e. The minimum atomic E-state index is -0.681. The van der Waals surface area contributed by atoms with E-state index in [-0.39, 0.29) is 11.8 Å². The Labute approximate surface area is 110 Å². The van der Waals surface area contributed by atoms with Gasteiger partial charge in [-0.3, -0.25) is 4.79 Å². The Bertz CT molecular complexity index is 324. The topological polar surface area (TPSA) is 57.5 Å². The van der Waals surface area contributed by atoms with Gasteiger partial charge in [-0.15, -0.1) is 0 Å². The monoisotopic (exact) mass is 254 g/mol. The number of fused-ring (bicyclic) bond motifs is 1. The van der Waals surface area contributed by atoms with Crippen LogP contribution in [0.1, 0.15) is 52.9 Å². The summed E-state index contributed by atoms with van der Waals surface area (Å²) in [5.41, 5.74) is -0.595. The van der Waals surface area contributed by atoms with E-state index in [9.17, 15) is 15.0 Å². The predicted molar refractivity (Wildman–Crippen MR) is 70.1 cm³/mol. The summed E-state index contributed by atoms with van der Waals surface area (Å²) < 4.78 is 0. The first kappa shape index (κ1) is 13.9. The second-order valence-electron chi connectivity index (χ2n) is 6.78. The van der Waals surface area contributed by atoms with Crippen molar-refractivity contribution in [2.45, 2.75) is 58.5 Å². The molecule has 0 aromatic carbocycles. The molecule has 2 saturated carbocycles. The number of rotatable bonds is 2. The van der Waals surface area contributed by atoms with E-state index in [1.54, 1.807) is 0 Å². The first-order valence-electron chi connectivity index (χ1n) is 7.30. The Morgan fingerprint density at radius 3 is 2.61 bits per heavy atom. The van der Waals surface area contributed by atoms with Gasteiger partial charge in [-0.1, -0.05) is 26.7 Å².